The Morgan fingerprint density at radius 2 is 1.60 bits per heavy atom. The fourth-order valence-electron chi connectivity index (χ4n) is 4.38. The van der Waals surface area contributed by atoms with Crippen molar-refractivity contribution in [3.8, 4) is 5.75 Å². The predicted octanol–water partition coefficient (Wildman–Crippen LogP) is 3.56. The monoisotopic (exact) mass is 586 g/mol. The maximum atomic E-state index is 13.6. The third-order valence-electron chi connectivity index (χ3n) is 6.42. The fourth-order valence-corrected chi connectivity index (χ4v) is 5.46. The van der Waals surface area contributed by atoms with Crippen molar-refractivity contribution < 1.29 is 41.0 Å². The molecular weight excluding hydrogens is 553 g/mol. The van der Waals surface area contributed by atoms with E-state index in [0.29, 0.717) is 17.0 Å². The molecule has 0 spiro atoms. The summed E-state index contributed by atoms with van der Waals surface area (Å²) in [5.41, 5.74) is 1.77. The quantitative estimate of drug-likeness (QED) is 0.469. The van der Waals surface area contributed by atoms with Gasteiger partial charge in [-0.05, 0) is 43.2 Å². The third-order valence-corrected chi connectivity index (χ3v) is 7.80. The molecule has 0 unspecified atom stereocenters. The number of benzene rings is 2. The summed E-state index contributed by atoms with van der Waals surface area (Å²) in [5, 5.41) is 10.5. The molecule has 14 heteroatoms. The largest absolute Gasteiger partial charge is 0.497 e. The number of carbonyl (C=O) groups excluding carboxylic acids is 1. The van der Waals surface area contributed by atoms with Gasteiger partial charge in [-0.15, -0.1) is 0 Å². The van der Waals surface area contributed by atoms with E-state index in [1.807, 2.05) is 11.0 Å². The molecule has 0 aromatic heterocycles. The van der Waals surface area contributed by atoms with Gasteiger partial charge in [0.05, 0.1) is 17.6 Å². The van der Waals surface area contributed by atoms with E-state index in [-0.39, 0.29) is 10.8 Å². The fraction of sp³-hybridized carbons (Fsp3) is 0.462. The number of sulfonamides is 1. The van der Waals surface area contributed by atoms with E-state index in [9.17, 15) is 26.4 Å². The van der Waals surface area contributed by atoms with E-state index in [2.05, 4.69) is 14.9 Å². The molecule has 2 heterocycles. The first kappa shape index (κ1) is 31.0. The first-order valence-electron chi connectivity index (χ1n) is 12.8. The van der Waals surface area contributed by atoms with Crippen LogP contribution in [-0.4, -0.2) is 82.9 Å². The molecule has 0 atom stereocenters. The third kappa shape index (κ3) is 8.49. The summed E-state index contributed by atoms with van der Waals surface area (Å²) in [7, 11) is -2.34. The summed E-state index contributed by atoms with van der Waals surface area (Å²) in [6.45, 7) is 4.77. The van der Waals surface area contributed by atoms with Crippen LogP contribution in [0.2, 0.25) is 0 Å². The maximum Gasteiger partial charge on any atom is 0.490 e. The Labute approximate surface area is 231 Å². The van der Waals surface area contributed by atoms with Gasteiger partial charge in [0.15, 0.2) is 0 Å². The number of alkyl halides is 3. The number of rotatable bonds is 6. The normalized spacial score (nSPS) is 16.3. The van der Waals surface area contributed by atoms with Crippen LogP contribution in [0.5, 0.6) is 5.75 Å². The number of anilines is 2. The number of nitrogens with one attached hydrogen (secondary N) is 2. The van der Waals surface area contributed by atoms with Crippen molar-refractivity contribution >= 4 is 33.3 Å². The molecule has 4 rings (SSSR count). The number of hydrogen-bond acceptors (Lipinski definition) is 7. The van der Waals surface area contributed by atoms with Crippen molar-refractivity contribution in [2.75, 3.05) is 56.0 Å². The van der Waals surface area contributed by atoms with Gasteiger partial charge < -0.3 is 25.0 Å². The number of piperazine rings is 1. The maximum absolute atomic E-state index is 13.6. The lowest BCUT2D eigenvalue weighted by molar-refractivity contribution is -0.192. The lowest BCUT2D eigenvalue weighted by atomic mass is 10.1. The van der Waals surface area contributed by atoms with E-state index in [1.54, 1.807) is 24.3 Å². The van der Waals surface area contributed by atoms with Gasteiger partial charge in [-0.25, -0.2) is 13.2 Å². The van der Waals surface area contributed by atoms with Crippen LogP contribution in [0.25, 0.3) is 0 Å². The van der Waals surface area contributed by atoms with Crippen LogP contribution in [0.15, 0.2) is 47.4 Å². The molecule has 2 aromatic carbocycles. The second-order valence-corrected chi connectivity index (χ2v) is 10.9. The van der Waals surface area contributed by atoms with Gasteiger partial charge >= 0.3 is 12.1 Å². The lowest BCUT2D eigenvalue weighted by Crippen LogP contribution is -2.44. The Bertz CT molecular complexity index is 1280. The van der Waals surface area contributed by atoms with E-state index in [4.69, 9.17) is 14.6 Å². The molecule has 0 radical (unpaired) electrons. The summed E-state index contributed by atoms with van der Waals surface area (Å²) in [4.78, 5) is 26.7. The van der Waals surface area contributed by atoms with E-state index >= 15 is 0 Å². The van der Waals surface area contributed by atoms with Gasteiger partial charge in [0, 0.05) is 56.7 Å². The molecule has 10 nitrogen and oxygen atoms in total. The van der Waals surface area contributed by atoms with Gasteiger partial charge in [-0.1, -0.05) is 18.9 Å². The Balaban J connectivity index is 0.000000559. The van der Waals surface area contributed by atoms with Crippen molar-refractivity contribution in [3.63, 3.8) is 0 Å². The molecular formula is C26H33F3N4O6S. The average Bonchev–Trinajstić information content (AvgIpc) is 3.22. The zero-order valence-electron chi connectivity index (χ0n) is 22.0. The predicted molar refractivity (Wildman–Crippen MR) is 143 cm³/mol. The van der Waals surface area contributed by atoms with E-state index < -0.39 is 22.2 Å². The van der Waals surface area contributed by atoms with Gasteiger partial charge in [0.25, 0.3) is 15.9 Å². The van der Waals surface area contributed by atoms with Crippen molar-refractivity contribution in [2.24, 2.45) is 0 Å². The molecule has 2 aliphatic rings. The Kier molecular flexibility index (Phi) is 10.6. The number of halogens is 3. The second kappa shape index (κ2) is 13.7. The van der Waals surface area contributed by atoms with Crippen LogP contribution in [0.4, 0.5) is 24.5 Å². The number of carboxylic acid groups (broad SMARTS) is 1. The van der Waals surface area contributed by atoms with Gasteiger partial charge in [0.1, 0.15) is 5.75 Å². The zero-order chi connectivity index (χ0) is 29.3. The number of methoxy groups -OCH3 is 1. The lowest BCUT2D eigenvalue weighted by Gasteiger charge is -2.32. The SMILES string of the molecule is COc1cccc(S(=O)(=O)Nc2ccc(N3CCNCC3)c(C(=O)N3CCCCCC3)c2)c1.O=C(O)C(F)(F)F. The smallest absolute Gasteiger partial charge is 0.490 e. The Hall–Kier alpha value is -3.52. The van der Waals surface area contributed by atoms with Crippen LogP contribution in [0, 0.1) is 0 Å². The van der Waals surface area contributed by atoms with Gasteiger partial charge in [-0.2, -0.15) is 13.2 Å². The van der Waals surface area contributed by atoms with Crippen LogP contribution in [-0.2, 0) is 14.8 Å². The summed E-state index contributed by atoms with van der Waals surface area (Å²) >= 11 is 0. The van der Waals surface area contributed by atoms with Gasteiger partial charge in [0.2, 0.25) is 0 Å². The highest BCUT2D eigenvalue weighted by molar-refractivity contribution is 7.92. The standard InChI is InChI=1S/C24H32N4O4S.C2HF3O2/c1-32-20-7-6-8-21(18-20)33(30,31)26-19-9-10-23(27-15-11-25-12-16-27)22(17-19)24(29)28-13-4-2-3-5-14-28;3-2(4,5)1(6)7/h6-10,17-18,25-26H,2-5,11-16H2,1H3;(H,6,7). The number of nitrogens with zero attached hydrogens (tertiary/aromatic N) is 2. The number of aliphatic carboxylic acids is 1. The molecule has 0 aliphatic carbocycles. The first-order chi connectivity index (χ1) is 18.9. The summed E-state index contributed by atoms with van der Waals surface area (Å²) in [5.74, 6) is -2.33. The van der Waals surface area contributed by atoms with E-state index in [1.165, 1.54) is 19.2 Å². The number of amides is 1. The number of carbonyl (C=O) groups is 2. The summed E-state index contributed by atoms with van der Waals surface area (Å²) < 4.78 is 65.5. The van der Waals surface area contributed by atoms with Crippen LogP contribution in [0.3, 0.4) is 0 Å². The topological polar surface area (TPSA) is 128 Å². The van der Waals surface area contributed by atoms with Gasteiger partial charge in [-0.3, -0.25) is 9.52 Å². The highest BCUT2D eigenvalue weighted by Gasteiger charge is 2.38. The highest BCUT2D eigenvalue weighted by atomic mass is 32.2. The van der Waals surface area contributed by atoms with Crippen LogP contribution >= 0.6 is 0 Å². The Morgan fingerprint density at radius 3 is 2.17 bits per heavy atom. The molecule has 1 amide bonds. The molecule has 2 aliphatic heterocycles. The zero-order valence-corrected chi connectivity index (χ0v) is 22.9. The number of likely N-dealkylation sites (tertiary alicyclic amines) is 1. The summed E-state index contributed by atoms with van der Waals surface area (Å²) in [6.07, 6.45) is -0.822. The summed E-state index contributed by atoms with van der Waals surface area (Å²) in [6, 6.07) is 11.6. The molecule has 0 saturated carbocycles. The minimum absolute atomic E-state index is 0.0344. The average molecular weight is 587 g/mol. The minimum atomic E-state index is -5.08. The van der Waals surface area contributed by atoms with Crippen LogP contribution in [0.1, 0.15) is 36.0 Å². The minimum Gasteiger partial charge on any atom is -0.497 e. The Morgan fingerprint density at radius 1 is 0.975 bits per heavy atom. The second-order valence-electron chi connectivity index (χ2n) is 9.26. The molecule has 0 bridgehead atoms. The number of hydrogen-bond donors (Lipinski definition) is 3. The highest BCUT2D eigenvalue weighted by Crippen LogP contribution is 2.29. The molecule has 220 valence electrons. The first-order valence-corrected chi connectivity index (χ1v) is 14.3. The van der Waals surface area contributed by atoms with E-state index in [0.717, 1.165) is 70.6 Å². The molecule has 40 heavy (non-hydrogen) atoms. The number of carboxylic acids is 1. The van der Waals surface area contributed by atoms with Crippen molar-refractivity contribution in [1.82, 2.24) is 10.2 Å². The molecule has 3 N–H and O–H groups in total. The number of ether oxygens (including phenoxy) is 1. The van der Waals surface area contributed by atoms with Crippen molar-refractivity contribution in [2.45, 2.75) is 36.8 Å². The molecule has 2 saturated heterocycles. The molecule has 2 fully saturated rings. The van der Waals surface area contributed by atoms with Crippen molar-refractivity contribution in [1.29, 1.82) is 0 Å². The van der Waals surface area contributed by atoms with Crippen molar-refractivity contribution in [3.05, 3.63) is 48.0 Å². The van der Waals surface area contributed by atoms with Crippen LogP contribution < -0.4 is 19.7 Å². The molecule has 2 aromatic rings.